The first kappa shape index (κ1) is 18.9. The van der Waals surface area contributed by atoms with E-state index in [2.05, 4.69) is 54.1 Å². The van der Waals surface area contributed by atoms with Gasteiger partial charge in [-0.2, -0.15) is 0 Å². The van der Waals surface area contributed by atoms with Crippen molar-refractivity contribution in [1.82, 2.24) is 24.9 Å². The second-order valence-electron chi connectivity index (χ2n) is 7.31. The summed E-state index contributed by atoms with van der Waals surface area (Å²) in [6, 6.07) is 6.09. The highest BCUT2D eigenvalue weighted by Gasteiger charge is 2.37. The average Bonchev–Trinajstić information content (AvgIpc) is 3.26. The van der Waals surface area contributed by atoms with E-state index in [4.69, 9.17) is 9.98 Å². The molecule has 1 unspecified atom stereocenters. The molecule has 0 saturated carbocycles. The van der Waals surface area contributed by atoms with Gasteiger partial charge in [0.15, 0.2) is 0 Å². The smallest absolute Gasteiger partial charge is 0.245 e. The van der Waals surface area contributed by atoms with Gasteiger partial charge in [-0.25, -0.2) is 14.5 Å². The first-order valence-electron chi connectivity index (χ1n) is 9.69. The molecular weight excluding hydrogens is 362 g/mol. The lowest BCUT2D eigenvalue weighted by molar-refractivity contribution is 0.605. The zero-order valence-electron chi connectivity index (χ0n) is 17.2. The largest absolute Gasteiger partial charge is 0.392 e. The molecule has 0 aliphatic carbocycles. The number of pyridine rings is 1. The van der Waals surface area contributed by atoms with Gasteiger partial charge in [-0.15, -0.1) is 5.10 Å². The molecule has 1 atom stereocenters. The number of aromatic nitrogens is 4. The van der Waals surface area contributed by atoms with Crippen molar-refractivity contribution < 1.29 is 0 Å². The Morgan fingerprint density at radius 2 is 2.14 bits per heavy atom. The van der Waals surface area contributed by atoms with Crippen molar-refractivity contribution in [2.24, 2.45) is 4.99 Å². The van der Waals surface area contributed by atoms with Gasteiger partial charge in [0.05, 0.1) is 34.5 Å². The van der Waals surface area contributed by atoms with Gasteiger partial charge in [-0.3, -0.25) is 4.99 Å². The lowest BCUT2D eigenvalue weighted by Gasteiger charge is -2.23. The fraction of sp³-hybridized carbons (Fsp3) is 0.273. The second-order valence-corrected chi connectivity index (χ2v) is 7.31. The Labute approximate surface area is 170 Å². The topological polar surface area (TPSA) is 79.5 Å². The number of rotatable bonds is 6. The van der Waals surface area contributed by atoms with Crippen LogP contribution in [0.4, 0.5) is 11.6 Å². The summed E-state index contributed by atoms with van der Waals surface area (Å²) in [7, 11) is 1.83. The third-order valence-corrected chi connectivity index (χ3v) is 5.66. The number of nitrogens with zero attached hydrogens (tertiary/aromatic N) is 5. The minimum absolute atomic E-state index is 0.116. The maximum absolute atomic E-state index is 5.00. The van der Waals surface area contributed by atoms with E-state index in [0.29, 0.717) is 5.95 Å². The van der Waals surface area contributed by atoms with Gasteiger partial charge in [-0.05, 0) is 44.5 Å². The molecule has 0 radical (unpaired) electrons. The Kier molecular flexibility index (Phi) is 4.66. The van der Waals surface area contributed by atoms with Gasteiger partial charge >= 0.3 is 0 Å². The molecular formula is C22H25N7. The van der Waals surface area contributed by atoms with E-state index in [1.54, 1.807) is 23.0 Å². The zero-order valence-corrected chi connectivity index (χ0v) is 17.2. The minimum Gasteiger partial charge on any atom is -0.392 e. The molecule has 4 rings (SSSR count). The molecule has 0 spiro atoms. The van der Waals surface area contributed by atoms with Gasteiger partial charge in [-0.1, -0.05) is 13.5 Å². The summed E-state index contributed by atoms with van der Waals surface area (Å²) in [6.45, 7) is 10.3. The molecule has 1 aliphatic heterocycles. The van der Waals surface area contributed by atoms with E-state index >= 15 is 0 Å². The number of hydrogen-bond donors (Lipinski definition) is 2. The molecule has 0 saturated heterocycles. The number of aliphatic imine (C=N–C) groups is 1. The monoisotopic (exact) mass is 387 g/mol. The fourth-order valence-electron chi connectivity index (χ4n) is 3.60. The Bertz CT molecular complexity index is 1160. The van der Waals surface area contributed by atoms with E-state index in [1.807, 2.05) is 25.4 Å². The Hall–Kier alpha value is -3.48. The Balaban J connectivity index is 1.72. The van der Waals surface area contributed by atoms with Crippen LogP contribution in [0.25, 0.3) is 16.8 Å². The molecule has 7 nitrogen and oxygen atoms in total. The molecule has 0 bridgehead atoms. The third-order valence-electron chi connectivity index (χ3n) is 5.66. The lowest BCUT2D eigenvalue weighted by Crippen LogP contribution is -2.27. The Morgan fingerprint density at radius 3 is 2.86 bits per heavy atom. The van der Waals surface area contributed by atoms with Crippen molar-refractivity contribution in [2.45, 2.75) is 32.6 Å². The molecule has 3 aromatic rings. The third kappa shape index (κ3) is 3.08. The van der Waals surface area contributed by atoms with Crippen LogP contribution >= 0.6 is 0 Å². The normalized spacial score (nSPS) is 18.5. The highest BCUT2D eigenvalue weighted by atomic mass is 15.3. The molecule has 4 heterocycles. The number of hydrogen-bond acceptors (Lipinski definition) is 6. The molecule has 0 amide bonds. The minimum atomic E-state index is -0.116. The van der Waals surface area contributed by atoms with Crippen LogP contribution in [0.2, 0.25) is 0 Å². The molecule has 2 N–H and O–H groups in total. The predicted molar refractivity (Wildman–Crippen MR) is 118 cm³/mol. The average molecular weight is 387 g/mol. The van der Waals surface area contributed by atoms with Crippen LogP contribution < -0.4 is 10.6 Å². The SMILES string of the molecule is C=C/C(=C\NC)Nc1ncc2c(-c3ccc4c(n3)C(C)(CC)C(C)=N4)ccn2n1. The van der Waals surface area contributed by atoms with Gasteiger partial charge in [0.1, 0.15) is 0 Å². The highest BCUT2D eigenvalue weighted by Crippen LogP contribution is 2.42. The van der Waals surface area contributed by atoms with Crippen LogP contribution in [-0.2, 0) is 5.41 Å². The predicted octanol–water partition coefficient (Wildman–Crippen LogP) is 4.22. The van der Waals surface area contributed by atoms with Crippen LogP contribution in [-0.4, -0.2) is 32.3 Å². The number of fused-ring (bicyclic) bond motifs is 2. The van der Waals surface area contributed by atoms with E-state index < -0.39 is 0 Å². The molecule has 0 fully saturated rings. The Morgan fingerprint density at radius 1 is 1.31 bits per heavy atom. The summed E-state index contributed by atoms with van der Waals surface area (Å²) in [4.78, 5) is 14.2. The maximum atomic E-state index is 5.00. The van der Waals surface area contributed by atoms with Crippen molar-refractivity contribution in [3.05, 3.63) is 60.8 Å². The van der Waals surface area contributed by atoms with Crippen LogP contribution in [0.5, 0.6) is 0 Å². The van der Waals surface area contributed by atoms with E-state index in [9.17, 15) is 0 Å². The summed E-state index contributed by atoms with van der Waals surface area (Å²) < 4.78 is 1.81. The molecule has 148 valence electrons. The van der Waals surface area contributed by atoms with Gasteiger partial charge < -0.3 is 10.6 Å². The van der Waals surface area contributed by atoms with Crippen molar-refractivity contribution in [3.63, 3.8) is 0 Å². The fourth-order valence-corrected chi connectivity index (χ4v) is 3.60. The van der Waals surface area contributed by atoms with Crippen LogP contribution in [0, 0.1) is 0 Å². The van der Waals surface area contributed by atoms with Gasteiger partial charge in [0.25, 0.3) is 0 Å². The maximum Gasteiger partial charge on any atom is 0.245 e. The van der Waals surface area contributed by atoms with Gasteiger partial charge in [0.2, 0.25) is 5.95 Å². The lowest BCUT2D eigenvalue weighted by atomic mass is 9.81. The second kappa shape index (κ2) is 7.16. The summed E-state index contributed by atoms with van der Waals surface area (Å²) in [5.74, 6) is 0.491. The van der Waals surface area contributed by atoms with Crippen molar-refractivity contribution >= 4 is 22.9 Å². The first-order chi connectivity index (χ1) is 14.0. The molecule has 3 aromatic heterocycles. The summed E-state index contributed by atoms with van der Waals surface area (Å²) in [6.07, 6.45) is 8.19. The number of allylic oxidation sites excluding steroid dienone is 1. The van der Waals surface area contributed by atoms with Crippen molar-refractivity contribution in [2.75, 3.05) is 12.4 Å². The standard InChI is InChI=1S/C22H25N7/c1-6-15(12-23-5)26-21-24-13-19-16(10-11-29(19)28-21)17-8-9-18-20(27-17)22(4,7-2)14(3)25-18/h6,8-13,23H,1,7H2,2-5H3,(H,26,28)/b15-12+. The van der Waals surface area contributed by atoms with Crippen LogP contribution in [0.15, 0.2) is 60.1 Å². The molecule has 29 heavy (non-hydrogen) atoms. The van der Waals surface area contributed by atoms with E-state index in [-0.39, 0.29) is 5.41 Å². The van der Waals surface area contributed by atoms with Crippen LogP contribution in [0.1, 0.15) is 32.9 Å². The molecule has 1 aliphatic rings. The summed E-state index contributed by atoms with van der Waals surface area (Å²) >= 11 is 0. The summed E-state index contributed by atoms with van der Waals surface area (Å²) in [5.41, 5.74) is 6.60. The first-order valence-corrected chi connectivity index (χ1v) is 9.69. The number of nitrogens with one attached hydrogen (secondary N) is 2. The molecule has 7 heteroatoms. The van der Waals surface area contributed by atoms with Crippen molar-refractivity contribution in [1.29, 1.82) is 0 Å². The van der Waals surface area contributed by atoms with E-state index in [1.165, 1.54) is 0 Å². The highest BCUT2D eigenvalue weighted by molar-refractivity contribution is 5.99. The quantitative estimate of drug-likeness (QED) is 0.619. The summed E-state index contributed by atoms with van der Waals surface area (Å²) in [5, 5.41) is 10.6. The zero-order chi connectivity index (χ0) is 20.6. The molecule has 0 aromatic carbocycles. The van der Waals surface area contributed by atoms with Gasteiger partial charge in [0, 0.05) is 36.1 Å². The van der Waals surface area contributed by atoms with Crippen LogP contribution in [0.3, 0.4) is 0 Å². The van der Waals surface area contributed by atoms with Crippen molar-refractivity contribution in [3.8, 4) is 11.3 Å². The number of anilines is 1. The van der Waals surface area contributed by atoms with E-state index in [0.717, 1.165) is 46.0 Å².